The number of nitrogens with one attached hydrogen (secondary N) is 1. The maximum atomic E-state index is 11.9. The zero-order valence-corrected chi connectivity index (χ0v) is 11.9. The Labute approximate surface area is 114 Å². The van der Waals surface area contributed by atoms with E-state index in [-0.39, 0.29) is 17.8 Å². The van der Waals surface area contributed by atoms with Crippen molar-refractivity contribution >= 4 is 17.6 Å². The fourth-order valence-electron chi connectivity index (χ4n) is 1.87. The molecule has 0 aliphatic rings. The third-order valence-corrected chi connectivity index (χ3v) is 3.07. The van der Waals surface area contributed by atoms with Gasteiger partial charge >= 0.3 is 5.97 Å². The second kappa shape index (κ2) is 6.92. The Hall–Kier alpha value is -1.84. The molecule has 0 saturated carbocycles. The Balaban J connectivity index is 2.80. The number of carbonyl (C=O) groups is 2. The van der Waals surface area contributed by atoms with Crippen molar-refractivity contribution in [3.63, 3.8) is 0 Å². The molecule has 1 N–H and O–H groups in total. The van der Waals surface area contributed by atoms with Crippen LogP contribution < -0.4 is 5.32 Å². The molecule has 1 unspecified atom stereocenters. The molecule has 1 rings (SSSR count). The molecule has 1 aromatic carbocycles. The molecule has 0 aliphatic heterocycles. The van der Waals surface area contributed by atoms with Crippen molar-refractivity contribution in [3.05, 3.63) is 29.3 Å². The third kappa shape index (κ3) is 4.09. The van der Waals surface area contributed by atoms with Gasteiger partial charge in [0.15, 0.2) is 0 Å². The molecular formula is C15H21NO3. The molecular weight excluding hydrogens is 242 g/mol. The van der Waals surface area contributed by atoms with E-state index >= 15 is 0 Å². The van der Waals surface area contributed by atoms with Gasteiger partial charge < -0.3 is 10.1 Å². The van der Waals surface area contributed by atoms with Gasteiger partial charge in [0.05, 0.1) is 12.7 Å². The van der Waals surface area contributed by atoms with Crippen LogP contribution in [-0.4, -0.2) is 19.0 Å². The lowest BCUT2D eigenvalue weighted by molar-refractivity contribution is -0.119. The quantitative estimate of drug-likeness (QED) is 0.830. The number of esters is 1. The van der Waals surface area contributed by atoms with E-state index in [1.807, 2.05) is 13.8 Å². The van der Waals surface area contributed by atoms with Gasteiger partial charge in [0, 0.05) is 11.6 Å². The molecule has 0 saturated heterocycles. The SMILES string of the molecule is CCCC(C)C(=O)Nc1ccc(C(=O)OC)cc1C. The van der Waals surface area contributed by atoms with Gasteiger partial charge in [-0.15, -0.1) is 0 Å². The molecule has 0 heterocycles. The van der Waals surface area contributed by atoms with Gasteiger partial charge in [-0.05, 0) is 37.1 Å². The first kappa shape index (κ1) is 15.2. The lowest BCUT2D eigenvalue weighted by Gasteiger charge is -2.13. The van der Waals surface area contributed by atoms with Crippen molar-refractivity contribution in [3.8, 4) is 0 Å². The molecule has 1 atom stereocenters. The molecule has 4 heteroatoms. The number of ether oxygens (including phenoxy) is 1. The summed E-state index contributed by atoms with van der Waals surface area (Å²) >= 11 is 0. The van der Waals surface area contributed by atoms with Crippen molar-refractivity contribution < 1.29 is 14.3 Å². The normalized spacial score (nSPS) is 11.8. The van der Waals surface area contributed by atoms with Crippen LogP contribution in [0.25, 0.3) is 0 Å². The fraction of sp³-hybridized carbons (Fsp3) is 0.467. The molecule has 0 bridgehead atoms. The Bertz CT molecular complexity index is 468. The number of carbonyl (C=O) groups excluding carboxylic acids is 2. The lowest BCUT2D eigenvalue weighted by atomic mass is 10.0. The maximum absolute atomic E-state index is 11.9. The summed E-state index contributed by atoms with van der Waals surface area (Å²) in [5.74, 6) is -0.374. The first-order valence-corrected chi connectivity index (χ1v) is 6.49. The molecule has 19 heavy (non-hydrogen) atoms. The van der Waals surface area contributed by atoms with E-state index < -0.39 is 0 Å². The summed E-state index contributed by atoms with van der Waals surface area (Å²) in [5.41, 5.74) is 2.07. The van der Waals surface area contributed by atoms with Gasteiger partial charge in [-0.2, -0.15) is 0 Å². The number of amides is 1. The minimum atomic E-state index is -0.375. The Morgan fingerprint density at radius 3 is 2.58 bits per heavy atom. The zero-order chi connectivity index (χ0) is 14.4. The summed E-state index contributed by atoms with van der Waals surface area (Å²) in [7, 11) is 1.35. The maximum Gasteiger partial charge on any atom is 0.337 e. The summed E-state index contributed by atoms with van der Waals surface area (Å²) in [6.45, 7) is 5.82. The standard InChI is InChI=1S/C15H21NO3/c1-5-6-10(2)14(17)16-13-8-7-12(9-11(13)3)15(18)19-4/h7-10H,5-6H2,1-4H3,(H,16,17). The largest absolute Gasteiger partial charge is 0.465 e. The first-order valence-electron chi connectivity index (χ1n) is 6.49. The van der Waals surface area contributed by atoms with E-state index in [1.165, 1.54) is 7.11 Å². The number of aryl methyl sites for hydroxylation is 1. The van der Waals surface area contributed by atoms with Gasteiger partial charge in [-0.3, -0.25) is 4.79 Å². The van der Waals surface area contributed by atoms with Gasteiger partial charge in [0.1, 0.15) is 0 Å². The van der Waals surface area contributed by atoms with Crippen molar-refractivity contribution in [2.75, 3.05) is 12.4 Å². The highest BCUT2D eigenvalue weighted by Gasteiger charge is 2.14. The number of anilines is 1. The van der Waals surface area contributed by atoms with E-state index in [9.17, 15) is 9.59 Å². The van der Waals surface area contributed by atoms with Gasteiger partial charge in [0.25, 0.3) is 0 Å². The molecule has 104 valence electrons. The second-order valence-corrected chi connectivity index (χ2v) is 4.70. The molecule has 4 nitrogen and oxygen atoms in total. The Morgan fingerprint density at radius 1 is 1.37 bits per heavy atom. The van der Waals surface area contributed by atoms with E-state index in [4.69, 9.17) is 0 Å². The minimum absolute atomic E-state index is 0.00955. The molecule has 0 fully saturated rings. The van der Waals surface area contributed by atoms with Crippen molar-refractivity contribution in [2.24, 2.45) is 5.92 Å². The van der Waals surface area contributed by atoms with Crippen LogP contribution in [0.1, 0.15) is 42.6 Å². The van der Waals surface area contributed by atoms with Gasteiger partial charge in [0.2, 0.25) is 5.91 Å². The smallest absolute Gasteiger partial charge is 0.337 e. The first-order chi connectivity index (χ1) is 8.99. The third-order valence-electron chi connectivity index (χ3n) is 3.07. The Morgan fingerprint density at radius 2 is 2.05 bits per heavy atom. The van der Waals surface area contributed by atoms with Crippen LogP contribution in [0.3, 0.4) is 0 Å². The van der Waals surface area contributed by atoms with Gasteiger partial charge in [-0.1, -0.05) is 20.3 Å². The van der Waals surface area contributed by atoms with E-state index in [0.717, 1.165) is 24.1 Å². The summed E-state index contributed by atoms with van der Waals surface area (Å²) in [4.78, 5) is 23.3. The summed E-state index contributed by atoms with van der Waals surface area (Å²) in [6, 6.07) is 5.10. The van der Waals surface area contributed by atoms with Crippen LogP contribution in [0, 0.1) is 12.8 Å². The monoisotopic (exact) mass is 263 g/mol. The zero-order valence-electron chi connectivity index (χ0n) is 11.9. The second-order valence-electron chi connectivity index (χ2n) is 4.70. The van der Waals surface area contributed by atoms with Crippen molar-refractivity contribution in [1.29, 1.82) is 0 Å². The highest BCUT2D eigenvalue weighted by atomic mass is 16.5. The van der Waals surface area contributed by atoms with E-state index in [1.54, 1.807) is 18.2 Å². The molecule has 1 aromatic rings. The fourth-order valence-corrected chi connectivity index (χ4v) is 1.87. The average Bonchev–Trinajstić information content (AvgIpc) is 2.40. The lowest BCUT2D eigenvalue weighted by Crippen LogP contribution is -2.20. The van der Waals surface area contributed by atoms with Crippen molar-refractivity contribution in [2.45, 2.75) is 33.6 Å². The topological polar surface area (TPSA) is 55.4 Å². The highest BCUT2D eigenvalue weighted by molar-refractivity contribution is 5.94. The molecule has 0 aliphatic carbocycles. The van der Waals surface area contributed by atoms with Gasteiger partial charge in [-0.25, -0.2) is 4.79 Å². The van der Waals surface area contributed by atoms with Crippen LogP contribution in [0.4, 0.5) is 5.69 Å². The molecule has 0 aromatic heterocycles. The van der Waals surface area contributed by atoms with Crippen LogP contribution in [0.5, 0.6) is 0 Å². The number of rotatable bonds is 5. The highest BCUT2D eigenvalue weighted by Crippen LogP contribution is 2.18. The van der Waals surface area contributed by atoms with E-state index in [0.29, 0.717) is 5.56 Å². The van der Waals surface area contributed by atoms with Crippen LogP contribution in [0.2, 0.25) is 0 Å². The molecule has 1 amide bonds. The number of benzene rings is 1. The van der Waals surface area contributed by atoms with Crippen LogP contribution in [-0.2, 0) is 9.53 Å². The van der Waals surface area contributed by atoms with E-state index in [2.05, 4.69) is 17.0 Å². The summed E-state index contributed by atoms with van der Waals surface area (Å²) in [5, 5.41) is 2.89. The number of hydrogen-bond donors (Lipinski definition) is 1. The predicted octanol–water partition coefficient (Wildman–Crippen LogP) is 3.16. The predicted molar refractivity (Wildman–Crippen MR) is 75.2 cm³/mol. The van der Waals surface area contributed by atoms with Crippen LogP contribution in [0.15, 0.2) is 18.2 Å². The average molecular weight is 263 g/mol. The number of hydrogen-bond acceptors (Lipinski definition) is 3. The summed E-state index contributed by atoms with van der Waals surface area (Å²) < 4.78 is 4.66. The number of methoxy groups -OCH3 is 1. The molecule has 0 spiro atoms. The summed E-state index contributed by atoms with van der Waals surface area (Å²) in [6.07, 6.45) is 1.85. The van der Waals surface area contributed by atoms with Crippen molar-refractivity contribution in [1.82, 2.24) is 0 Å². The minimum Gasteiger partial charge on any atom is -0.465 e. The Kier molecular flexibility index (Phi) is 5.55. The van der Waals surface area contributed by atoms with Crippen LogP contribution >= 0.6 is 0 Å². The molecule has 0 radical (unpaired) electrons.